The lowest BCUT2D eigenvalue weighted by Crippen LogP contribution is -2.22. The molecule has 106 valence electrons. The summed E-state index contributed by atoms with van der Waals surface area (Å²) in [5.41, 5.74) is 4.94. The minimum atomic E-state index is -0.0684. The van der Waals surface area contributed by atoms with E-state index in [0.29, 0.717) is 0 Å². The van der Waals surface area contributed by atoms with Crippen LogP contribution in [0.25, 0.3) is 10.9 Å². The maximum atomic E-state index is 6.16. The molecule has 1 aliphatic rings. The molecule has 0 aliphatic carbocycles. The Morgan fingerprint density at radius 1 is 1.05 bits per heavy atom. The Kier molecular flexibility index (Phi) is 3.02. The van der Waals surface area contributed by atoms with Crippen LogP contribution in [0.4, 0.5) is 0 Å². The molecule has 2 heterocycles. The fourth-order valence-electron chi connectivity index (χ4n) is 3.12. The van der Waals surface area contributed by atoms with Gasteiger partial charge in [0.1, 0.15) is 6.10 Å². The van der Waals surface area contributed by atoms with Crippen molar-refractivity contribution in [2.24, 2.45) is 0 Å². The molecule has 3 nitrogen and oxygen atoms in total. The molecular weight excluding hydrogens is 260 g/mol. The van der Waals surface area contributed by atoms with Gasteiger partial charge in [0, 0.05) is 24.5 Å². The van der Waals surface area contributed by atoms with Crippen molar-refractivity contribution in [1.29, 1.82) is 0 Å². The molecule has 1 aliphatic heterocycles. The Balaban J connectivity index is 1.91. The van der Waals surface area contributed by atoms with E-state index in [1.165, 1.54) is 27.7 Å². The normalized spacial score (nSPS) is 19.4. The Morgan fingerprint density at radius 2 is 1.81 bits per heavy atom. The minimum Gasteiger partial charge on any atom is -0.356 e. The largest absolute Gasteiger partial charge is 0.356 e. The molecule has 0 saturated carbocycles. The Morgan fingerprint density at radius 3 is 2.67 bits per heavy atom. The van der Waals surface area contributed by atoms with E-state index in [0.717, 1.165) is 13.0 Å². The summed E-state index contributed by atoms with van der Waals surface area (Å²) in [6.45, 7) is 0.901. The lowest BCUT2D eigenvalue weighted by atomic mass is 10.0. The lowest BCUT2D eigenvalue weighted by molar-refractivity contribution is -0.167. The van der Waals surface area contributed by atoms with Gasteiger partial charge in [-0.2, -0.15) is 5.06 Å². The summed E-state index contributed by atoms with van der Waals surface area (Å²) in [6, 6.07) is 18.9. The van der Waals surface area contributed by atoms with E-state index in [2.05, 4.69) is 53.5 Å². The highest BCUT2D eigenvalue weighted by atomic mass is 16.7. The number of aromatic amines is 1. The van der Waals surface area contributed by atoms with Gasteiger partial charge in [-0.05, 0) is 23.6 Å². The maximum absolute atomic E-state index is 6.16. The van der Waals surface area contributed by atoms with E-state index in [-0.39, 0.29) is 6.10 Å². The predicted octanol–water partition coefficient (Wildman–Crippen LogP) is 3.68. The second-order valence-electron chi connectivity index (χ2n) is 5.56. The molecular formula is C18H18N2O. The molecule has 4 rings (SSSR count). The summed E-state index contributed by atoms with van der Waals surface area (Å²) in [7, 11) is 2.00. The first-order valence-corrected chi connectivity index (χ1v) is 7.35. The minimum absolute atomic E-state index is 0.0684. The lowest BCUT2D eigenvalue weighted by Gasteiger charge is -2.21. The van der Waals surface area contributed by atoms with Gasteiger partial charge in [0.15, 0.2) is 0 Å². The zero-order valence-corrected chi connectivity index (χ0v) is 12.0. The van der Waals surface area contributed by atoms with E-state index in [4.69, 9.17) is 4.84 Å². The van der Waals surface area contributed by atoms with Crippen molar-refractivity contribution in [3.63, 3.8) is 0 Å². The second-order valence-corrected chi connectivity index (χ2v) is 5.56. The van der Waals surface area contributed by atoms with Gasteiger partial charge in [-0.15, -0.1) is 0 Å². The van der Waals surface area contributed by atoms with Crippen LogP contribution in [-0.2, 0) is 11.3 Å². The number of para-hydroxylation sites is 1. The first-order chi connectivity index (χ1) is 10.3. The summed E-state index contributed by atoms with van der Waals surface area (Å²) in [5, 5.41) is 3.26. The molecule has 1 aromatic heterocycles. The van der Waals surface area contributed by atoms with Gasteiger partial charge in [-0.1, -0.05) is 48.5 Å². The smallest absolute Gasteiger partial charge is 0.144 e. The number of hydroxylamine groups is 2. The van der Waals surface area contributed by atoms with Gasteiger partial charge < -0.3 is 4.98 Å². The maximum Gasteiger partial charge on any atom is 0.144 e. The summed E-state index contributed by atoms with van der Waals surface area (Å²) in [4.78, 5) is 9.73. The standard InChI is InChI=1S/C18H18N2O/c1-20-12-11-15-14-9-5-6-10-16(14)19-17(15)18(21-20)13-7-3-2-4-8-13/h2-10,18-19H,11-12H2,1H3. The highest BCUT2D eigenvalue weighted by Crippen LogP contribution is 2.35. The van der Waals surface area contributed by atoms with Gasteiger partial charge >= 0.3 is 0 Å². The van der Waals surface area contributed by atoms with E-state index < -0.39 is 0 Å². The van der Waals surface area contributed by atoms with Crippen LogP contribution < -0.4 is 0 Å². The number of rotatable bonds is 1. The third-order valence-corrected chi connectivity index (χ3v) is 4.17. The molecule has 0 fully saturated rings. The third kappa shape index (κ3) is 2.15. The van der Waals surface area contributed by atoms with E-state index >= 15 is 0 Å². The van der Waals surface area contributed by atoms with E-state index in [1.807, 2.05) is 18.2 Å². The molecule has 0 amide bonds. The van der Waals surface area contributed by atoms with Crippen molar-refractivity contribution in [1.82, 2.24) is 10.0 Å². The number of benzene rings is 2. The molecule has 3 heteroatoms. The SMILES string of the molecule is CN1CCc2c([nH]c3ccccc23)C(c2ccccc2)O1. The van der Waals surface area contributed by atoms with Crippen LogP contribution in [0.3, 0.4) is 0 Å². The number of likely N-dealkylation sites (N-methyl/N-ethyl adjacent to an activating group) is 1. The number of hydrogen-bond donors (Lipinski definition) is 1. The number of aromatic nitrogens is 1. The van der Waals surface area contributed by atoms with Gasteiger partial charge in [-0.25, -0.2) is 0 Å². The van der Waals surface area contributed by atoms with Crippen molar-refractivity contribution in [3.8, 4) is 0 Å². The zero-order chi connectivity index (χ0) is 14.2. The number of hydrogen-bond acceptors (Lipinski definition) is 2. The third-order valence-electron chi connectivity index (χ3n) is 4.17. The van der Waals surface area contributed by atoms with Crippen LogP contribution >= 0.6 is 0 Å². The van der Waals surface area contributed by atoms with Crippen LogP contribution in [0.2, 0.25) is 0 Å². The fraction of sp³-hybridized carbons (Fsp3) is 0.222. The van der Waals surface area contributed by atoms with Crippen LogP contribution in [0, 0.1) is 0 Å². The molecule has 0 radical (unpaired) electrons. The first-order valence-electron chi connectivity index (χ1n) is 7.35. The van der Waals surface area contributed by atoms with Gasteiger partial charge in [0.05, 0.1) is 5.69 Å². The average molecular weight is 278 g/mol. The van der Waals surface area contributed by atoms with E-state index in [1.54, 1.807) is 0 Å². The fourth-order valence-corrected chi connectivity index (χ4v) is 3.12. The highest BCUT2D eigenvalue weighted by Gasteiger charge is 2.27. The molecule has 21 heavy (non-hydrogen) atoms. The number of H-pyrrole nitrogens is 1. The summed E-state index contributed by atoms with van der Waals surface area (Å²) < 4.78 is 0. The number of nitrogens with one attached hydrogen (secondary N) is 1. The molecule has 1 N–H and O–H groups in total. The van der Waals surface area contributed by atoms with Gasteiger partial charge in [0.25, 0.3) is 0 Å². The number of fused-ring (bicyclic) bond motifs is 3. The zero-order valence-electron chi connectivity index (χ0n) is 12.0. The topological polar surface area (TPSA) is 28.3 Å². The quantitative estimate of drug-likeness (QED) is 0.735. The molecule has 0 spiro atoms. The number of nitrogens with zero attached hydrogens (tertiary/aromatic N) is 1. The molecule has 1 unspecified atom stereocenters. The van der Waals surface area contributed by atoms with Gasteiger partial charge in [0.2, 0.25) is 0 Å². The molecule has 0 bridgehead atoms. The van der Waals surface area contributed by atoms with Crippen molar-refractivity contribution < 1.29 is 4.84 Å². The molecule has 1 atom stereocenters. The summed E-state index contributed by atoms with van der Waals surface area (Å²) in [5.74, 6) is 0. The van der Waals surface area contributed by atoms with Crippen LogP contribution in [0.1, 0.15) is 22.9 Å². The average Bonchev–Trinajstić information content (AvgIpc) is 2.81. The Bertz CT molecular complexity index is 763. The van der Waals surface area contributed by atoms with Crippen molar-refractivity contribution in [2.45, 2.75) is 12.5 Å². The Labute approximate surface area is 124 Å². The summed E-state index contributed by atoms with van der Waals surface area (Å²) >= 11 is 0. The highest BCUT2D eigenvalue weighted by molar-refractivity contribution is 5.85. The van der Waals surface area contributed by atoms with Crippen LogP contribution in [-0.4, -0.2) is 23.6 Å². The second kappa shape index (κ2) is 5.02. The van der Waals surface area contributed by atoms with Crippen LogP contribution in [0.15, 0.2) is 54.6 Å². The Hall–Kier alpha value is -2.10. The molecule has 3 aromatic rings. The van der Waals surface area contributed by atoms with Crippen LogP contribution in [0.5, 0.6) is 0 Å². The first kappa shape index (κ1) is 12.6. The monoisotopic (exact) mass is 278 g/mol. The summed E-state index contributed by atoms with van der Waals surface area (Å²) in [6.07, 6.45) is 0.931. The van der Waals surface area contributed by atoms with Crippen molar-refractivity contribution in [3.05, 3.63) is 71.4 Å². The predicted molar refractivity (Wildman–Crippen MR) is 84.0 cm³/mol. The molecule has 2 aromatic carbocycles. The molecule has 0 saturated heterocycles. The van der Waals surface area contributed by atoms with E-state index in [9.17, 15) is 0 Å². The van der Waals surface area contributed by atoms with Crippen molar-refractivity contribution >= 4 is 10.9 Å². The van der Waals surface area contributed by atoms with Crippen molar-refractivity contribution in [2.75, 3.05) is 13.6 Å². The van der Waals surface area contributed by atoms with Gasteiger partial charge in [-0.3, -0.25) is 4.84 Å².